The highest BCUT2D eigenvalue weighted by Gasteiger charge is 2.13. The van der Waals surface area contributed by atoms with Crippen LogP contribution < -0.4 is 11.1 Å². The first-order valence-electron chi connectivity index (χ1n) is 7.81. The van der Waals surface area contributed by atoms with Crippen LogP contribution in [0.25, 0.3) is 11.1 Å². The molecule has 0 bridgehead atoms. The Hall–Kier alpha value is -2.89. The molecule has 0 unspecified atom stereocenters. The first-order chi connectivity index (χ1) is 11.4. The van der Waals surface area contributed by atoms with Crippen LogP contribution in [-0.2, 0) is 0 Å². The lowest BCUT2D eigenvalue weighted by Gasteiger charge is -2.09. The third-order valence-corrected chi connectivity index (χ3v) is 3.69. The first kappa shape index (κ1) is 17.5. The van der Waals surface area contributed by atoms with E-state index in [9.17, 15) is 14.9 Å². The smallest absolute Gasteiger partial charge is 0.292 e. The van der Waals surface area contributed by atoms with Crippen LogP contribution in [0.2, 0.25) is 0 Å². The fourth-order valence-electron chi connectivity index (χ4n) is 2.30. The molecule has 0 aliphatic carbocycles. The molecule has 0 fully saturated rings. The normalized spacial score (nSPS) is 10.6. The summed E-state index contributed by atoms with van der Waals surface area (Å²) in [6.07, 6.45) is 0.912. The van der Waals surface area contributed by atoms with Gasteiger partial charge in [0.1, 0.15) is 5.69 Å². The Balaban J connectivity index is 2.23. The number of nitrogens with one attached hydrogen (secondary N) is 1. The Kier molecular flexibility index (Phi) is 5.52. The molecule has 6 heteroatoms. The zero-order valence-corrected chi connectivity index (χ0v) is 13.8. The van der Waals surface area contributed by atoms with Crippen molar-refractivity contribution in [1.29, 1.82) is 0 Å². The van der Waals surface area contributed by atoms with E-state index in [1.165, 1.54) is 12.1 Å². The molecule has 2 rings (SSSR count). The van der Waals surface area contributed by atoms with Gasteiger partial charge in [0.25, 0.3) is 11.6 Å². The lowest BCUT2D eigenvalue weighted by molar-refractivity contribution is -0.383. The van der Waals surface area contributed by atoms with E-state index in [1.807, 2.05) is 0 Å². The molecule has 0 heterocycles. The number of nitrogens with zero attached hydrogens (tertiary/aromatic N) is 1. The number of amides is 1. The van der Waals surface area contributed by atoms with Crippen molar-refractivity contribution in [3.05, 3.63) is 58.1 Å². The Morgan fingerprint density at radius 2 is 1.92 bits per heavy atom. The van der Waals surface area contributed by atoms with Gasteiger partial charge in [0.15, 0.2) is 0 Å². The quantitative estimate of drug-likeness (QED) is 0.481. The molecule has 0 radical (unpaired) electrons. The summed E-state index contributed by atoms with van der Waals surface area (Å²) < 4.78 is 0. The molecule has 3 N–H and O–H groups in total. The molecule has 2 aromatic carbocycles. The summed E-state index contributed by atoms with van der Waals surface area (Å²) in [6.45, 7) is 4.82. The lowest BCUT2D eigenvalue weighted by atomic mass is 10.0. The van der Waals surface area contributed by atoms with Gasteiger partial charge in [-0.3, -0.25) is 14.9 Å². The Morgan fingerprint density at radius 1 is 1.21 bits per heavy atom. The molecule has 0 saturated heterocycles. The summed E-state index contributed by atoms with van der Waals surface area (Å²) in [7, 11) is 0. The van der Waals surface area contributed by atoms with Crippen molar-refractivity contribution in [3.63, 3.8) is 0 Å². The summed E-state index contributed by atoms with van der Waals surface area (Å²) in [5.41, 5.74) is 7.50. The second-order valence-electron chi connectivity index (χ2n) is 6.05. The molecule has 6 nitrogen and oxygen atoms in total. The molecule has 0 aliphatic heterocycles. The molecule has 0 saturated carbocycles. The van der Waals surface area contributed by atoms with Crippen molar-refractivity contribution >= 4 is 17.3 Å². The van der Waals surface area contributed by atoms with Gasteiger partial charge in [-0.05, 0) is 41.7 Å². The first-order valence-corrected chi connectivity index (χ1v) is 7.81. The van der Waals surface area contributed by atoms with Crippen molar-refractivity contribution in [2.24, 2.45) is 5.92 Å². The zero-order chi connectivity index (χ0) is 17.7. The van der Waals surface area contributed by atoms with Gasteiger partial charge >= 0.3 is 0 Å². The standard InChI is InChI=1S/C18H21N3O3/c1-12(2)8-9-20-18(22)15-5-3-4-13(10-15)14-6-7-16(19)17(11-14)21(23)24/h3-7,10-12H,8-9,19H2,1-2H3,(H,20,22). The minimum Gasteiger partial charge on any atom is -0.393 e. The van der Waals surface area contributed by atoms with Crippen LogP contribution in [-0.4, -0.2) is 17.4 Å². The maximum Gasteiger partial charge on any atom is 0.292 e. The number of anilines is 1. The van der Waals surface area contributed by atoms with E-state index in [0.29, 0.717) is 23.6 Å². The van der Waals surface area contributed by atoms with Crippen LogP contribution in [0.15, 0.2) is 42.5 Å². The second-order valence-corrected chi connectivity index (χ2v) is 6.05. The zero-order valence-electron chi connectivity index (χ0n) is 13.8. The van der Waals surface area contributed by atoms with Gasteiger partial charge in [-0.2, -0.15) is 0 Å². The highest BCUT2D eigenvalue weighted by atomic mass is 16.6. The third kappa shape index (κ3) is 4.32. The van der Waals surface area contributed by atoms with Gasteiger partial charge < -0.3 is 11.1 Å². The maximum atomic E-state index is 12.2. The maximum absolute atomic E-state index is 12.2. The molecule has 1 amide bonds. The Labute approximate surface area is 140 Å². The van der Waals surface area contributed by atoms with E-state index in [2.05, 4.69) is 19.2 Å². The summed E-state index contributed by atoms with van der Waals surface area (Å²) in [6, 6.07) is 11.6. The number of nitro benzene ring substituents is 1. The second kappa shape index (κ2) is 7.59. The largest absolute Gasteiger partial charge is 0.393 e. The fraction of sp³-hybridized carbons (Fsp3) is 0.278. The minimum absolute atomic E-state index is 0.117. The number of hydrogen-bond acceptors (Lipinski definition) is 4. The molecule has 24 heavy (non-hydrogen) atoms. The predicted molar refractivity (Wildman–Crippen MR) is 94.7 cm³/mol. The number of nitrogen functional groups attached to an aromatic ring is 1. The molecule has 2 aromatic rings. The number of hydrogen-bond donors (Lipinski definition) is 2. The SMILES string of the molecule is CC(C)CCNC(=O)c1cccc(-c2ccc(N)c([N+](=O)[O-])c2)c1. The monoisotopic (exact) mass is 327 g/mol. The average Bonchev–Trinajstić information content (AvgIpc) is 2.54. The van der Waals surface area contributed by atoms with Crippen molar-refractivity contribution in [1.82, 2.24) is 5.32 Å². The van der Waals surface area contributed by atoms with Crippen LogP contribution in [0, 0.1) is 16.0 Å². The van der Waals surface area contributed by atoms with Crippen molar-refractivity contribution < 1.29 is 9.72 Å². The average molecular weight is 327 g/mol. The summed E-state index contributed by atoms with van der Waals surface area (Å²) in [4.78, 5) is 22.7. The molecule has 0 aliphatic rings. The summed E-state index contributed by atoms with van der Waals surface area (Å²) >= 11 is 0. The van der Waals surface area contributed by atoms with E-state index in [4.69, 9.17) is 5.73 Å². The number of benzene rings is 2. The van der Waals surface area contributed by atoms with Gasteiger partial charge in [-0.1, -0.05) is 32.0 Å². The van der Waals surface area contributed by atoms with E-state index >= 15 is 0 Å². The van der Waals surface area contributed by atoms with E-state index < -0.39 is 4.92 Å². The van der Waals surface area contributed by atoms with Crippen LogP contribution in [0.3, 0.4) is 0 Å². The van der Waals surface area contributed by atoms with Crippen LogP contribution in [0.4, 0.5) is 11.4 Å². The molecular weight excluding hydrogens is 306 g/mol. The summed E-state index contributed by atoms with van der Waals surface area (Å²) in [5.74, 6) is 0.370. The number of nitrogens with two attached hydrogens (primary N) is 1. The highest BCUT2D eigenvalue weighted by molar-refractivity contribution is 5.95. The molecule has 126 valence electrons. The topological polar surface area (TPSA) is 98.3 Å². The summed E-state index contributed by atoms with van der Waals surface area (Å²) in [5, 5.41) is 13.9. The van der Waals surface area contributed by atoms with Crippen molar-refractivity contribution in [2.75, 3.05) is 12.3 Å². The van der Waals surface area contributed by atoms with Gasteiger partial charge in [0.2, 0.25) is 0 Å². The fourth-order valence-corrected chi connectivity index (χ4v) is 2.30. The predicted octanol–water partition coefficient (Wildman–Crippen LogP) is 3.62. The molecule has 0 aromatic heterocycles. The van der Waals surface area contributed by atoms with Gasteiger partial charge in [-0.15, -0.1) is 0 Å². The van der Waals surface area contributed by atoms with E-state index in [0.717, 1.165) is 12.0 Å². The Morgan fingerprint density at radius 3 is 2.58 bits per heavy atom. The molecular formula is C18H21N3O3. The number of carbonyl (C=O) groups excluding carboxylic acids is 1. The van der Waals surface area contributed by atoms with Crippen molar-refractivity contribution in [2.45, 2.75) is 20.3 Å². The van der Waals surface area contributed by atoms with Gasteiger partial charge in [0, 0.05) is 18.2 Å². The van der Waals surface area contributed by atoms with Gasteiger partial charge in [0.05, 0.1) is 4.92 Å². The highest BCUT2D eigenvalue weighted by Crippen LogP contribution is 2.29. The van der Waals surface area contributed by atoms with Crippen molar-refractivity contribution in [3.8, 4) is 11.1 Å². The third-order valence-electron chi connectivity index (χ3n) is 3.69. The minimum atomic E-state index is -0.513. The number of nitro groups is 1. The number of carbonyl (C=O) groups is 1. The van der Waals surface area contributed by atoms with E-state index in [-0.39, 0.29) is 17.3 Å². The number of rotatable bonds is 6. The van der Waals surface area contributed by atoms with Crippen LogP contribution in [0.1, 0.15) is 30.6 Å². The van der Waals surface area contributed by atoms with Crippen LogP contribution >= 0.6 is 0 Å². The Bertz CT molecular complexity index is 757. The molecule has 0 atom stereocenters. The molecule has 0 spiro atoms. The lowest BCUT2D eigenvalue weighted by Crippen LogP contribution is -2.25. The van der Waals surface area contributed by atoms with Crippen LogP contribution in [0.5, 0.6) is 0 Å². The van der Waals surface area contributed by atoms with E-state index in [1.54, 1.807) is 30.3 Å². The van der Waals surface area contributed by atoms with Gasteiger partial charge in [-0.25, -0.2) is 0 Å².